The lowest BCUT2D eigenvalue weighted by atomic mass is 9.79. The van der Waals surface area contributed by atoms with Gasteiger partial charge in [0.2, 0.25) is 0 Å². The highest BCUT2D eigenvalue weighted by Crippen LogP contribution is 2.32. The van der Waals surface area contributed by atoms with Gasteiger partial charge in [0, 0.05) is 31.9 Å². The molecule has 0 radical (unpaired) electrons. The maximum Gasteiger partial charge on any atom is 0.416 e. The Bertz CT molecular complexity index is 935. The van der Waals surface area contributed by atoms with Gasteiger partial charge in [0.05, 0.1) is 11.0 Å². The van der Waals surface area contributed by atoms with E-state index in [0.29, 0.717) is 50.7 Å². The number of carboxylic acid groups (broad SMARTS) is 1. The number of anilines is 1. The maximum atomic E-state index is 13.0. The predicted octanol–water partition coefficient (Wildman–Crippen LogP) is 5.46. The van der Waals surface area contributed by atoms with Crippen LogP contribution in [0.15, 0.2) is 48.5 Å². The monoisotopic (exact) mass is 462 g/mol. The van der Waals surface area contributed by atoms with E-state index < -0.39 is 23.1 Å². The highest BCUT2D eigenvalue weighted by molar-refractivity contribution is 5.80. The average molecular weight is 463 g/mol. The van der Waals surface area contributed by atoms with Crippen molar-refractivity contribution in [2.24, 2.45) is 5.92 Å². The van der Waals surface area contributed by atoms with Gasteiger partial charge in [0.1, 0.15) is 0 Å². The van der Waals surface area contributed by atoms with Crippen molar-refractivity contribution >= 4 is 11.7 Å². The summed E-state index contributed by atoms with van der Waals surface area (Å²) in [5.41, 5.74) is 0.937. The Kier molecular flexibility index (Phi) is 7.73. The molecule has 0 amide bonds. The molecule has 33 heavy (non-hydrogen) atoms. The number of nitrogens with zero attached hydrogens (tertiary/aromatic N) is 2. The van der Waals surface area contributed by atoms with Gasteiger partial charge in [0.15, 0.2) is 0 Å². The Morgan fingerprint density at radius 1 is 1.00 bits per heavy atom. The number of halogens is 3. The molecule has 2 aromatic rings. The summed E-state index contributed by atoms with van der Waals surface area (Å²) in [6.45, 7) is 9.27. The number of benzene rings is 2. The van der Waals surface area contributed by atoms with Crippen molar-refractivity contribution in [1.82, 2.24) is 4.90 Å². The smallest absolute Gasteiger partial charge is 0.416 e. The molecule has 1 heterocycles. The van der Waals surface area contributed by atoms with Crippen LogP contribution in [0.4, 0.5) is 18.9 Å². The van der Waals surface area contributed by atoms with Gasteiger partial charge in [-0.15, -0.1) is 0 Å². The maximum absolute atomic E-state index is 13.0. The number of piperazine rings is 1. The van der Waals surface area contributed by atoms with Crippen LogP contribution in [0.3, 0.4) is 0 Å². The zero-order valence-corrected chi connectivity index (χ0v) is 19.5. The van der Waals surface area contributed by atoms with E-state index in [2.05, 4.69) is 18.7 Å². The fourth-order valence-corrected chi connectivity index (χ4v) is 4.35. The molecule has 0 saturated carbocycles. The molecule has 1 N–H and O–H groups in total. The molecule has 7 heteroatoms. The van der Waals surface area contributed by atoms with Gasteiger partial charge in [0.25, 0.3) is 0 Å². The molecule has 3 rings (SSSR count). The van der Waals surface area contributed by atoms with Gasteiger partial charge in [-0.1, -0.05) is 44.2 Å². The molecule has 1 atom stereocenters. The molecule has 1 unspecified atom stereocenters. The second-order valence-corrected chi connectivity index (χ2v) is 9.56. The zero-order valence-electron chi connectivity index (χ0n) is 19.5. The highest BCUT2D eigenvalue weighted by atomic mass is 19.4. The minimum Gasteiger partial charge on any atom is -0.481 e. The Morgan fingerprint density at radius 3 is 2.18 bits per heavy atom. The third-order valence-corrected chi connectivity index (χ3v) is 6.55. The number of hydrogen-bond donors (Lipinski definition) is 1. The topological polar surface area (TPSA) is 43.8 Å². The van der Waals surface area contributed by atoms with Crippen LogP contribution in [-0.2, 0) is 22.8 Å². The van der Waals surface area contributed by atoms with Crippen LogP contribution in [0.2, 0.25) is 0 Å². The fraction of sp³-hybridized carbons (Fsp3) is 0.500. The van der Waals surface area contributed by atoms with E-state index in [4.69, 9.17) is 0 Å². The van der Waals surface area contributed by atoms with Crippen molar-refractivity contribution in [2.45, 2.75) is 45.2 Å². The Balaban J connectivity index is 1.60. The lowest BCUT2D eigenvalue weighted by Crippen LogP contribution is -2.48. The first-order valence-corrected chi connectivity index (χ1v) is 11.5. The standard InChI is InChI=1S/C26H33F3N2O2/c1-19(2)17-20-7-9-21(10-8-20)25(3,24(32)33)11-12-30-13-15-31(16-14-30)23-6-4-5-22(18-23)26(27,28)29/h4-10,18-19H,11-17H2,1-3H3,(H,32,33). The number of carbonyl (C=O) groups is 1. The lowest BCUT2D eigenvalue weighted by molar-refractivity contribution is -0.143. The summed E-state index contributed by atoms with van der Waals surface area (Å²) in [7, 11) is 0. The molecule has 1 saturated heterocycles. The van der Waals surface area contributed by atoms with Gasteiger partial charge in [-0.2, -0.15) is 13.2 Å². The van der Waals surface area contributed by atoms with E-state index >= 15 is 0 Å². The summed E-state index contributed by atoms with van der Waals surface area (Å²) < 4.78 is 39.1. The van der Waals surface area contributed by atoms with E-state index in [0.717, 1.165) is 18.1 Å². The first-order chi connectivity index (χ1) is 15.5. The zero-order chi connectivity index (χ0) is 24.2. The normalized spacial score (nSPS) is 17.2. The van der Waals surface area contributed by atoms with Gasteiger partial charge in [-0.05, 0) is 61.6 Å². The third kappa shape index (κ3) is 6.28. The van der Waals surface area contributed by atoms with Crippen molar-refractivity contribution < 1.29 is 23.1 Å². The fourth-order valence-electron chi connectivity index (χ4n) is 4.35. The van der Waals surface area contributed by atoms with Crippen molar-refractivity contribution in [3.63, 3.8) is 0 Å². The van der Waals surface area contributed by atoms with Crippen molar-refractivity contribution in [2.75, 3.05) is 37.6 Å². The first-order valence-electron chi connectivity index (χ1n) is 11.5. The quantitative estimate of drug-likeness (QED) is 0.566. The van der Waals surface area contributed by atoms with Crippen LogP contribution in [0.25, 0.3) is 0 Å². The van der Waals surface area contributed by atoms with E-state index in [-0.39, 0.29) is 0 Å². The molecule has 1 aliphatic rings. The summed E-state index contributed by atoms with van der Waals surface area (Å²) in [6.07, 6.45) is -2.93. The van der Waals surface area contributed by atoms with Crippen LogP contribution in [0.5, 0.6) is 0 Å². The van der Waals surface area contributed by atoms with Gasteiger partial charge in [-0.25, -0.2) is 0 Å². The second kappa shape index (κ2) is 10.2. The summed E-state index contributed by atoms with van der Waals surface area (Å²) in [5.74, 6) is -0.307. The van der Waals surface area contributed by atoms with Crippen molar-refractivity contribution in [3.05, 3.63) is 65.2 Å². The lowest BCUT2D eigenvalue weighted by Gasteiger charge is -2.37. The first kappa shape index (κ1) is 25.1. The molecule has 1 fully saturated rings. The van der Waals surface area contributed by atoms with E-state index in [1.54, 1.807) is 13.0 Å². The minimum atomic E-state index is -4.36. The van der Waals surface area contributed by atoms with Crippen LogP contribution in [0, 0.1) is 5.92 Å². The van der Waals surface area contributed by atoms with Crippen molar-refractivity contribution in [3.8, 4) is 0 Å². The molecule has 180 valence electrons. The average Bonchev–Trinajstić information content (AvgIpc) is 2.77. The minimum absolute atomic E-state index is 0.468. The SMILES string of the molecule is CC(C)Cc1ccc(C(C)(CCN2CCN(c3cccc(C(F)(F)F)c3)CC2)C(=O)O)cc1. The van der Waals surface area contributed by atoms with Crippen molar-refractivity contribution in [1.29, 1.82) is 0 Å². The number of alkyl halides is 3. The Morgan fingerprint density at radius 2 is 1.64 bits per heavy atom. The molecule has 0 spiro atoms. The number of aliphatic carboxylic acids is 1. The van der Waals surface area contributed by atoms with Gasteiger partial charge in [-0.3, -0.25) is 9.69 Å². The molecule has 0 aromatic heterocycles. The Hall–Kier alpha value is -2.54. The summed E-state index contributed by atoms with van der Waals surface area (Å²) in [6, 6.07) is 13.3. The molecule has 0 bridgehead atoms. The summed E-state index contributed by atoms with van der Waals surface area (Å²) in [5, 5.41) is 9.99. The van der Waals surface area contributed by atoms with Gasteiger partial charge >= 0.3 is 12.1 Å². The van der Waals surface area contributed by atoms with Gasteiger partial charge < -0.3 is 10.0 Å². The summed E-state index contributed by atoms with van der Waals surface area (Å²) in [4.78, 5) is 16.3. The van der Waals surface area contributed by atoms with Crippen LogP contribution in [-0.4, -0.2) is 48.7 Å². The highest BCUT2D eigenvalue weighted by Gasteiger charge is 2.36. The number of hydrogen-bond acceptors (Lipinski definition) is 3. The molecule has 0 aliphatic carbocycles. The third-order valence-electron chi connectivity index (χ3n) is 6.55. The second-order valence-electron chi connectivity index (χ2n) is 9.56. The molecule has 4 nitrogen and oxygen atoms in total. The molecule has 1 aliphatic heterocycles. The largest absolute Gasteiger partial charge is 0.481 e. The van der Waals surface area contributed by atoms with Crippen LogP contribution < -0.4 is 4.90 Å². The summed E-state index contributed by atoms with van der Waals surface area (Å²) >= 11 is 0. The Labute approximate surface area is 194 Å². The van der Waals surface area contributed by atoms with E-state index in [1.165, 1.54) is 17.7 Å². The molecule has 2 aromatic carbocycles. The molecular formula is C26H33F3N2O2. The van der Waals surface area contributed by atoms with E-state index in [9.17, 15) is 23.1 Å². The number of rotatable bonds is 8. The van der Waals surface area contributed by atoms with Crippen LogP contribution in [0.1, 0.15) is 43.9 Å². The predicted molar refractivity (Wildman–Crippen MR) is 125 cm³/mol. The van der Waals surface area contributed by atoms with Crippen LogP contribution >= 0.6 is 0 Å². The van der Waals surface area contributed by atoms with E-state index in [1.807, 2.05) is 29.2 Å². The number of carboxylic acids is 1. The molecular weight excluding hydrogens is 429 g/mol.